The minimum Gasteiger partial charge on any atom is -0.366 e. The molecule has 1 aliphatic carbocycles. The molecule has 2 fully saturated rings. The van der Waals surface area contributed by atoms with Crippen LogP contribution in [0.5, 0.6) is 0 Å². The van der Waals surface area contributed by atoms with Gasteiger partial charge in [0.2, 0.25) is 5.91 Å². The fraction of sp³-hybridized carbons (Fsp3) is 0.579. The zero-order valence-corrected chi connectivity index (χ0v) is 15.4. The molecule has 1 saturated heterocycles. The summed E-state index contributed by atoms with van der Waals surface area (Å²) >= 11 is 0. The first-order valence-corrected chi connectivity index (χ1v) is 9.65. The Bertz CT molecular complexity index is 710. The van der Waals surface area contributed by atoms with E-state index in [2.05, 4.69) is 10.6 Å². The molecule has 1 aliphatic heterocycles. The van der Waals surface area contributed by atoms with Crippen LogP contribution >= 0.6 is 0 Å². The normalized spacial score (nSPS) is 17.6. The van der Waals surface area contributed by atoms with Gasteiger partial charge >= 0.3 is 0 Å². The lowest BCUT2D eigenvalue weighted by molar-refractivity contribution is -0.384. The summed E-state index contributed by atoms with van der Waals surface area (Å²) < 4.78 is 0. The average molecular weight is 374 g/mol. The highest BCUT2D eigenvalue weighted by molar-refractivity contribution is 5.97. The summed E-state index contributed by atoms with van der Waals surface area (Å²) in [6.07, 6.45) is 7.41. The van der Waals surface area contributed by atoms with E-state index in [9.17, 15) is 19.7 Å². The predicted molar refractivity (Wildman–Crippen MR) is 102 cm³/mol. The van der Waals surface area contributed by atoms with Gasteiger partial charge in [-0.2, -0.15) is 0 Å². The predicted octanol–water partition coefficient (Wildman–Crippen LogP) is 2.37. The topological polar surface area (TPSA) is 105 Å². The van der Waals surface area contributed by atoms with Crippen LogP contribution in [0.25, 0.3) is 0 Å². The van der Waals surface area contributed by atoms with Crippen LogP contribution in [0.2, 0.25) is 0 Å². The van der Waals surface area contributed by atoms with Gasteiger partial charge in [-0.25, -0.2) is 0 Å². The number of carbonyl (C=O) groups is 2. The van der Waals surface area contributed by atoms with Gasteiger partial charge in [0.1, 0.15) is 5.69 Å². The van der Waals surface area contributed by atoms with Crippen molar-refractivity contribution in [3.8, 4) is 0 Å². The van der Waals surface area contributed by atoms with Crippen molar-refractivity contribution in [2.24, 2.45) is 0 Å². The van der Waals surface area contributed by atoms with Gasteiger partial charge in [-0.3, -0.25) is 19.7 Å². The van der Waals surface area contributed by atoms with Gasteiger partial charge in [0.15, 0.2) is 0 Å². The second-order valence-corrected chi connectivity index (χ2v) is 7.24. The molecule has 1 heterocycles. The summed E-state index contributed by atoms with van der Waals surface area (Å²) in [7, 11) is 0. The SMILES string of the molecule is O=C(CNC(=O)c1ccc(N2CCCC2)c([N+](=O)[O-])c1)NC1CCCCC1. The van der Waals surface area contributed by atoms with Crippen LogP contribution in [-0.4, -0.2) is 42.4 Å². The fourth-order valence-electron chi connectivity index (χ4n) is 3.82. The highest BCUT2D eigenvalue weighted by Gasteiger charge is 2.24. The molecule has 0 radical (unpaired) electrons. The minimum absolute atomic E-state index is 0.0730. The lowest BCUT2D eigenvalue weighted by Crippen LogP contribution is -2.42. The van der Waals surface area contributed by atoms with Crippen LogP contribution in [0.3, 0.4) is 0 Å². The highest BCUT2D eigenvalue weighted by Crippen LogP contribution is 2.31. The second kappa shape index (κ2) is 8.83. The number of carbonyl (C=O) groups excluding carboxylic acids is 2. The molecule has 0 spiro atoms. The molecule has 0 aromatic heterocycles. The first kappa shape index (κ1) is 19.1. The van der Waals surface area contributed by atoms with E-state index >= 15 is 0 Å². The van der Waals surface area contributed by atoms with Crippen molar-refractivity contribution in [2.75, 3.05) is 24.5 Å². The molecular weight excluding hydrogens is 348 g/mol. The number of anilines is 1. The Hall–Kier alpha value is -2.64. The van der Waals surface area contributed by atoms with Gasteiger partial charge in [-0.15, -0.1) is 0 Å². The minimum atomic E-state index is -0.482. The third kappa shape index (κ3) is 4.96. The summed E-state index contributed by atoms with van der Waals surface area (Å²) in [6.45, 7) is 1.44. The summed E-state index contributed by atoms with van der Waals surface area (Å²) in [5.74, 6) is -0.705. The number of hydrogen-bond acceptors (Lipinski definition) is 5. The van der Waals surface area contributed by atoms with E-state index in [0.29, 0.717) is 5.69 Å². The summed E-state index contributed by atoms with van der Waals surface area (Å²) in [5.41, 5.74) is 0.662. The molecule has 1 aromatic rings. The number of nitro groups is 1. The number of amides is 2. The molecule has 8 nitrogen and oxygen atoms in total. The molecule has 0 bridgehead atoms. The Balaban J connectivity index is 1.59. The Morgan fingerprint density at radius 3 is 2.48 bits per heavy atom. The largest absolute Gasteiger partial charge is 0.366 e. The summed E-state index contributed by atoms with van der Waals surface area (Å²) in [4.78, 5) is 37.3. The number of hydrogen-bond donors (Lipinski definition) is 2. The molecule has 146 valence electrons. The zero-order valence-electron chi connectivity index (χ0n) is 15.4. The number of nitrogens with zero attached hydrogens (tertiary/aromatic N) is 2. The van der Waals surface area contributed by atoms with Crippen molar-refractivity contribution in [3.05, 3.63) is 33.9 Å². The van der Waals surface area contributed by atoms with Crippen molar-refractivity contribution >= 4 is 23.2 Å². The maximum absolute atomic E-state index is 12.3. The number of nitro benzene ring substituents is 1. The van der Waals surface area contributed by atoms with Crippen LogP contribution in [0.4, 0.5) is 11.4 Å². The molecule has 27 heavy (non-hydrogen) atoms. The number of rotatable bonds is 6. The van der Waals surface area contributed by atoms with E-state index in [0.717, 1.165) is 51.6 Å². The molecular formula is C19H26N4O4. The van der Waals surface area contributed by atoms with Crippen molar-refractivity contribution < 1.29 is 14.5 Å². The third-order valence-corrected chi connectivity index (χ3v) is 5.26. The molecule has 2 aliphatic rings. The fourth-order valence-corrected chi connectivity index (χ4v) is 3.82. The van der Waals surface area contributed by atoms with Crippen LogP contribution in [0, 0.1) is 10.1 Å². The smallest absolute Gasteiger partial charge is 0.293 e. The van der Waals surface area contributed by atoms with Crippen LogP contribution < -0.4 is 15.5 Å². The molecule has 1 aromatic carbocycles. The van der Waals surface area contributed by atoms with Crippen molar-refractivity contribution in [2.45, 2.75) is 51.0 Å². The maximum atomic E-state index is 12.3. The monoisotopic (exact) mass is 374 g/mol. The third-order valence-electron chi connectivity index (χ3n) is 5.26. The molecule has 0 atom stereocenters. The Morgan fingerprint density at radius 2 is 1.81 bits per heavy atom. The first-order chi connectivity index (χ1) is 13.0. The van der Waals surface area contributed by atoms with E-state index in [4.69, 9.17) is 0 Å². The molecule has 2 amide bonds. The quantitative estimate of drug-likeness (QED) is 0.587. The van der Waals surface area contributed by atoms with Gasteiger partial charge in [0.25, 0.3) is 11.6 Å². The lowest BCUT2D eigenvalue weighted by atomic mass is 9.95. The number of benzene rings is 1. The summed E-state index contributed by atoms with van der Waals surface area (Å²) in [5, 5.41) is 16.9. The Labute approximate surface area is 158 Å². The Morgan fingerprint density at radius 1 is 1.11 bits per heavy atom. The zero-order chi connectivity index (χ0) is 19.2. The molecule has 3 rings (SSSR count). The summed E-state index contributed by atoms with van der Waals surface area (Å²) in [6, 6.07) is 4.68. The molecule has 8 heteroatoms. The first-order valence-electron chi connectivity index (χ1n) is 9.65. The van der Waals surface area contributed by atoms with E-state index in [1.807, 2.05) is 4.90 Å². The molecule has 2 N–H and O–H groups in total. The highest BCUT2D eigenvalue weighted by atomic mass is 16.6. The maximum Gasteiger partial charge on any atom is 0.293 e. The van der Waals surface area contributed by atoms with Gasteiger partial charge < -0.3 is 15.5 Å². The van der Waals surface area contributed by atoms with E-state index in [-0.39, 0.29) is 29.7 Å². The number of nitrogens with one attached hydrogen (secondary N) is 2. The van der Waals surface area contributed by atoms with E-state index in [1.165, 1.54) is 12.5 Å². The van der Waals surface area contributed by atoms with Gasteiger partial charge in [-0.1, -0.05) is 19.3 Å². The Kier molecular flexibility index (Phi) is 6.26. The van der Waals surface area contributed by atoms with E-state index in [1.54, 1.807) is 12.1 Å². The second-order valence-electron chi connectivity index (χ2n) is 7.24. The van der Waals surface area contributed by atoms with Crippen LogP contribution in [0.15, 0.2) is 18.2 Å². The van der Waals surface area contributed by atoms with Gasteiger partial charge in [0, 0.05) is 30.8 Å². The average Bonchev–Trinajstić information content (AvgIpc) is 3.21. The van der Waals surface area contributed by atoms with Crippen molar-refractivity contribution in [1.82, 2.24) is 10.6 Å². The van der Waals surface area contributed by atoms with Crippen LogP contribution in [-0.2, 0) is 4.79 Å². The lowest BCUT2D eigenvalue weighted by Gasteiger charge is -2.22. The van der Waals surface area contributed by atoms with Gasteiger partial charge in [0.05, 0.1) is 11.5 Å². The molecule has 1 saturated carbocycles. The van der Waals surface area contributed by atoms with E-state index < -0.39 is 10.8 Å². The van der Waals surface area contributed by atoms with Crippen LogP contribution in [0.1, 0.15) is 55.3 Å². The standard InChI is InChI=1S/C19H26N4O4/c24-18(21-15-6-2-1-3-7-15)13-20-19(25)14-8-9-16(17(12-14)23(26)27)22-10-4-5-11-22/h8-9,12,15H,1-7,10-11,13H2,(H,20,25)(H,21,24). The van der Waals surface area contributed by atoms with Crippen molar-refractivity contribution in [3.63, 3.8) is 0 Å². The van der Waals surface area contributed by atoms with Gasteiger partial charge in [-0.05, 0) is 37.8 Å². The molecule has 0 unspecified atom stereocenters. The van der Waals surface area contributed by atoms with Crippen molar-refractivity contribution in [1.29, 1.82) is 0 Å².